The van der Waals surface area contributed by atoms with Crippen molar-refractivity contribution in [2.45, 2.75) is 25.3 Å². The fraction of sp³-hybridized carbons (Fsp3) is 0.353. The third-order valence-electron chi connectivity index (χ3n) is 3.97. The van der Waals surface area contributed by atoms with Gasteiger partial charge in [0.25, 0.3) is 0 Å². The number of aromatic nitrogens is 2. The molecule has 134 valence electrons. The second kappa shape index (κ2) is 9.19. The van der Waals surface area contributed by atoms with Gasteiger partial charge in [-0.15, -0.1) is 12.4 Å². The summed E-state index contributed by atoms with van der Waals surface area (Å²) < 4.78 is 1.74. The number of nitrogens with one attached hydrogen (secondary N) is 3. The van der Waals surface area contributed by atoms with Crippen molar-refractivity contribution in [1.29, 1.82) is 0 Å². The first kappa shape index (κ1) is 19.0. The van der Waals surface area contributed by atoms with Gasteiger partial charge in [0, 0.05) is 18.1 Å². The van der Waals surface area contributed by atoms with E-state index < -0.39 is 0 Å². The summed E-state index contributed by atoms with van der Waals surface area (Å²) in [6.07, 6.45) is 6.52. The van der Waals surface area contributed by atoms with Crippen molar-refractivity contribution >= 4 is 29.9 Å². The van der Waals surface area contributed by atoms with Crippen LogP contribution in [-0.4, -0.2) is 40.7 Å². The molecule has 3 rings (SSSR count). The molecule has 1 fully saturated rings. The van der Waals surface area contributed by atoms with E-state index in [1.165, 1.54) is 0 Å². The lowest BCUT2D eigenvalue weighted by atomic mass is 10.0. The van der Waals surface area contributed by atoms with Gasteiger partial charge < -0.3 is 16.0 Å². The Morgan fingerprint density at radius 1 is 1.24 bits per heavy atom. The van der Waals surface area contributed by atoms with E-state index in [4.69, 9.17) is 0 Å². The number of benzene rings is 1. The van der Waals surface area contributed by atoms with Crippen LogP contribution in [0, 0.1) is 0 Å². The van der Waals surface area contributed by atoms with Crippen molar-refractivity contribution in [3.63, 3.8) is 0 Å². The monoisotopic (exact) mass is 363 g/mol. The molecule has 1 aliphatic heterocycles. The second-order valence-electron chi connectivity index (χ2n) is 5.77. The molecule has 2 amide bonds. The molecule has 3 N–H and O–H groups in total. The van der Waals surface area contributed by atoms with Gasteiger partial charge in [-0.3, -0.25) is 9.59 Å². The highest BCUT2D eigenvalue weighted by Gasteiger charge is 2.20. The average Bonchev–Trinajstić information content (AvgIpc) is 3.16. The Labute approximate surface area is 152 Å². The molecule has 0 radical (unpaired) electrons. The Morgan fingerprint density at radius 2 is 2.04 bits per heavy atom. The molecule has 8 heteroatoms. The molecule has 0 bridgehead atoms. The molecule has 2 aromatic rings. The number of amides is 2. The second-order valence-corrected chi connectivity index (χ2v) is 5.77. The smallest absolute Gasteiger partial charge is 0.243 e. The largest absolute Gasteiger partial charge is 0.346 e. The highest BCUT2D eigenvalue weighted by atomic mass is 35.5. The van der Waals surface area contributed by atoms with E-state index in [0.717, 1.165) is 31.5 Å². The summed E-state index contributed by atoms with van der Waals surface area (Å²) >= 11 is 0. The summed E-state index contributed by atoms with van der Waals surface area (Å²) in [4.78, 5) is 23.9. The number of hydrogen-bond acceptors (Lipinski definition) is 4. The number of rotatable bonds is 5. The lowest BCUT2D eigenvalue weighted by Gasteiger charge is -2.22. The number of anilines is 1. The Kier molecular flexibility index (Phi) is 6.97. The SMILES string of the molecule is Cl.O=C(CNC(=O)C1CCCCN1)Nc1ccc(-n2cccn2)cc1. The van der Waals surface area contributed by atoms with Crippen molar-refractivity contribution in [2.75, 3.05) is 18.4 Å². The molecule has 1 saturated heterocycles. The quantitative estimate of drug-likeness (QED) is 0.751. The third-order valence-corrected chi connectivity index (χ3v) is 3.97. The van der Waals surface area contributed by atoms with Gasteiger partial charge in [-0.2, -0.15) is 5.10 Å². The van der Waals surface area contributed by atoms with Crippen LogP contribution in [0.25, 0.3) is 5.69 Å². The molecule has 0 spiro atoms. The molecule has 2 heterocycles. The summed E-state index contributed by atoms with van der Waals surface area (Å²) in [6, 6.07) is 9.01. The maximum atomic E-state index is 12.0. The number of carbonyl (C=O) groups is 2. The van der Waals surface area contributed by atoms with Crippen LogP contribution in [0.1, 0.15) is 19.3 Å². The van der Waals surface area contributed by atoms with E-state index >= 15 is 0 Å². The predicted molar refractivity (Wildman–Crippen MR) is 98.1 cm³/mol. The van der Waals surface area contributed by atoms with E-state index in [1.54, 1.807) is 23.0 Å². The standard InChI is InChI=1S/C17H21N5O2.ClH/c23-16(12-19-17(24)15-4-1-2-9-18-15)21-13-5-7-14(8-6-13)22-11-3-10-20-22;/h3,5-8,10-11,15,18H,1-2,4,9,12H2,(H,19,24)(H,21,23);1H. The zero-order valence-corrected chi connectivity index (χ0v) is 14.6. The Morgan fingerprint density at radius 3 is 2.68 bits per heavy atom. The topological polar surface area (TPSA) is 88.0 Å². The van der Waals surface area contributed by atoms with Crippen LogP contribution >= 0.6 is 12.4 Å². The van der Waals surface area contributed by atoms with E-state index in [9.17, 15) is 9.59 Å². The molecule has 1 unspecified atom stereocenters. The molecular formula is C17H22ClN5O2. The van der Waals surface area contributed by atoms with Crippen LogP contribution in [0.4, 0.5) is 5.69 Å². The average molecular weight is 364 g/mol. The van der Waals surface area contributed by atoms with Gasteiger partial charge in [-0.05, 0) is 49.7 Å². The molecular weight excluding hydrogens is 342 g/mol. The van der Waals surface area contributed by atoms with Crippen LogP contribution in [0.3, 0.4) is 0 Å². The summed E-state index contributed by atoms with van der Waals surface area (Å²) in [5.41, 5.74) is 1.59. The maximum Gasteiger partial charge on any atom is 0.243 e. The van der Waals surface area contributed by atoms with Crippen molar-refractivity contribution in [1.82, 2.24) is 20.4 Å². The number of hydrogen-bond donors (Lipinski definition) is 3. The zero-order valence-electron chi connectivity index (χ0n) is 13.8. The minimum atomic E-state index is -0.244. The number of halogens is 1. The van der Waals surface area contributed by atoms with Gasteiger partial charge in [0.05, 0.1) is 18.3 Å². The molecule has 0 saturated carbocycles. The van der Waals surface area contributed by atoms with Crippen LogP contribution < -0.4 is 16.0 Å². The van der Waals surface area contributed by atoms with Gasteiger partial charge >= 0.3 is 0 Å². The first-order valence-corrected chi connectivity index (χ1v) is 8.13. The first-order valence-electron chi connectivity index (χ1n) is 8.13. The molecule has 1 aromatic carbocycles. The summed E-state index contributed by atoms with van der Waals surface area (Å²) in [5, 5.41) is 12.8. The fourth-order valence-electron chi connectivity index (χ4n) is 2.69. The van der Waals surface area contributed by atoms with Crippen LogP contribution in [0.2, 0.25) is 0 Å². The van der Waals surface area contributed by atoms with Crippen molar-refractivity contribution < 1.29 is 9.59 Å². The Bertz CT molecular complexity index is 682. The molecule has 25 heavy (non-hydrogen) atoms. The molecule has 1 aromatic heterocycles. The Hall–Kier alpha value is -2.38. The summed E-state index contributed by atoms with van der Waals surface area (Å²) in [5.74, 6) is -0.357. The minimum Gasteiger partial charge on any atom is -0.346 e. The molecule has 0 aliphatic carbocycles. The summed E-state index contributed by atoms with van der Waals surface area (Å²) in [7, 11) is 0. The fourth-order valence-corrected chi connectivity index (χ4v) is 2.69. The molecule has 1 atom stereocenters. The van der Waals surface area contributed by atoms with Crippen LogP contribution in [-0.2, 0) is 9.59 Å². The highest BCUT2D eigenvalue weighted by molar-refractivity contribution is 5.95. The normalized spacial score (nSPS) is 16.6. The highest BCUT2D eigenvalue weighted by Crippen LogP contribution is 2.12. The van der Waals surface area contributed by atoms with Gasteiger partial charge in [-0.25, -0.2) is 4.68 Å². The van der Waals surface area contributed by atoms with E-state index in [0.29, 0.717) is 5.69 Å². The van der Waals surface area contributed by atoms with E-state index in [-0.39, 0.29) is 36.8 Å². The zero-order chi connectivity index (χ0) is 16.8. The van der Waals surface area contributed by atoms with Gasteiger partial charge in [0.1, 0.15) is 0 Å². The van der Waals surface area contributed by atoms with Gasteiger partial charge in [0.2, 0.25) is 11.8 Å². The maximum absolute atomic E-state index is 12.0. The van der Waals surface area contributed by atoms with Crippen LogP contribution in [0.15, 0.2) is 42.7 Å². The first-order chi connectivity index (χ1) is 11.7. The molecule has 7 nitrogen and oxygen atoms in total. The van der Waals surface area contributed by atoms with Crippen molar-refractivity contribution in [3.05, 3.63) is 42.7 Å². The summed E-state index contributed by atoms with van der Waals surface area (Å²) in [6.45, 7) is 0.824. The minimum absolute atomic E-state index is 0. The van der Waals surface area contributed by atoms with Crippen molar-refractivity contribution in [2.24, 2.45) is 0 Å². The lowest BCUT2D eigenvalue weighted by molar-refractivity contribution is -0.126. The van der Waals surface area contributed by atoms with Crippen LogP contribution in [0.5, 0.6) is 0 Å². The predicted octanol–water partition coefficient (Wildman–Crippen LogP) is 1.49. The van der Waals surface area contributed by atoms with Gasteiger partial charge in [0.15, 0.2) is 0 Å². The van der Waals surface area contributed by atoms with E-state index in [1.807, 2.05) is 24.4 Å². The molecule has 1 aliphatic rings. The number of nitrogens with zero attached hydrogens (tertiary/aromatic N) is 2. The van der Waals surface area contributed by atoms with E-state index in [2.05, 4.69) is 21.0 Å². The number of carbonyl (C=O) groups excluding carboxylic acids is 2. The lowest BCUT2D eigenvalue weighted by Crippen LogP contribution is -2.48. The Balaban J connectivity index is 0.00000225. The number of piperidine rings is 1. The van der Waals surface area contributed by atoms with Gasteiger partial charge in [-0.1, -0.05) is 6.42 Å². The third kappa shape index (κ3) is 5.30. The van der Waals surface area contributed by atoms with Crippen molar-refractivity contribution in [3.8, 4) is 5.69 Å².